The summed E-state index contributed by atoms with van der Waals surface area (Å²) in [5.74, 6) is 1.41. The molecule has 6 nitrogen and oxygen atoms in total. The number of methoxy groups -OCH3 is 1. The van der Waals surface area contributed by atoms with Crippen molar-refractivity contribution < 1.29 is 9.53 Å². The van der Waals surface area contributed by atoms with Crippen molar-refractivity contribution in [1.82, 2.24) is 10.2 Å². The summed E-state index contributed by atoms with van der Waals surface area (Å²) in [4.78, 5) is 13.9. The number of hydrogen-bond acceptors (Lipinski definition) is 5. The van der Waals surface area contributed by atoms with E-state index in [1.54, 1.807) is 30.3 Å². The Morgan fingerprint density at radius 3 is 2.68 bits per heavy atom. The maximum atomic E-state index is 12.2. The lowest BCUT2D eigenvalue weighted by atomic mass is 9.86. The largest absolute Gasteiger partial charge is 0.497 e. The van der Waals surface area contributed by atoms with Crippen LogP contribution in [-0.4, -0.2) is 35.8 Å². The van der Waals surface area contributed by atoms with Crippen LogP contribution in [0.4, 0.5) is 5.82 Å². The molecule has 2 heterocycles. The fraction of sp³-hybridized carbons (Fsp3) is 0.312. The third kappa shape index (κ3) is 2.78. The molecule has 0 bridgehead atoms. The zero-order valence-corrected chi connectivity index (χ0v) is 12.3. The van der Waals surface area contributed by atoms with Gasteiger partial charge in [-0.05, 0) is 29.8 Å². The first-order valence-corrected chi connectivity index (χ1v) is 7.16. The Morgan fingerprint density at radius 1 is 1.27 bits per heavy atom. The van der Waals surface area contributed by atoms with E-state index in [1.807, 2.05) is 24.3 Å². The zero-order valence-electron chi connectivity index (χ0n) is 12.3. The number of aromatic nitrogens is 2. The summed E-state index contributed by atoms with van der Waals surface area (Å²) >= 11 is 0. The van der Waals surface area contributed by atoms with Crippen LogP contribution in [0, 0.1) is 0 Å². The van der Waals surface area contributed by atoms with Crippen LogP contribution in [0.5, 0.6) is 5.75 Å². The average Bonchev–Trinajstić information content (AvgIpc) is 2.56. The van der Waals surface area contributed by atoms with Gasteiger partial charge in [-0.2, -0.15) is 5.10 Å². The number of rotatable bonds is 3. The summed E-state index contributed by atoms with van der Waals surface area (Å²) in [6, 6.07) is 11.2. The SMILES string of the molecule is COc1ccc(C2CN(c3cccnn3)C(=O)C[C@H]2N)cc1. The monoisotopic (exact) mass is 298 g/mol. The summed E-state index contributed by atoms with van der Waals surface area (Å²) in [5.41, 5.74) is 7.29. The van der Waals surface area contributed by atoms with E-state index in [9.17, 15) is 4.79 Å². The molecule has 3 rings (SSSR count). The third-order valence-electron chi connectivity index (χ3n) is 3.99. The minimum absolute atomic E-state index is 0.0160. The van der Waals surface area contributed by atoms with E-state index >= 15 is 0 Å². The van der Waals surface area contributed by atoms with Crippen molar-refractivity contribution in [2.45, 2.75) is 18.4 Å². The number of nitrogens with two attached hydrogens (primary N) is 1. The van der Waals surface area contributed by atoms with Gasteiger partial charge in [0.1, 0.15) is 5.75 Å². The van der Waals surface area contributed by atoms with E-state index in [-0.39, 0.29) is 17.9 Å². The van der Waals surface area contributed by atoms with Crippen LogP contribution >= 0.6 is 0 Å². The molecule has 0 saturated carbocycles. The zero-order chi connectivity index (χ0) is 15.5. The van der Waals surface area contributed by atoms with Gasteiger partial charge in [-0.25, -0.2) is 0 Å². The number of carbonyl (C=O) groups excluding carboxylic acids is 1. The lowest BCUT2D eigenvalue weighted by Crippen LogP contribution is -2.49. The molecule has 6 heteroatoms. The smallest absolute Gasteiger partial charge is 0.229 e. The molecule has 1 aromatic carbocycles. The van der Waals surface area contributed by atoms with E-state index in [1.165, 1.54) is 0 Å². The maximum absolute atomic E-state index is 12.2. The highest BCUT2D eigenvalue weighted by molar-refractivity contribution is 5.94. The first-order chi connectivity index (χ1) is 10.7. The van der Waals surface area contributed by atoms with Crippen LogP contribution in [-0.2, 0) is 4.79 Å². The Morgan fingerprint density at radius 2 is 2.05 bits per heavy atom. The Labute approximate surface area is 128 Å². The van der Waals surface area contributed by atoms with Crippen molar-refractivity contribution in [3.63, 3.8) is 0 Å². The van der Waals surface area contributed by atoms with Crippen molar-refractivity contribution >= 4 is 11.7 Å². The van der Waals surface area contributed by atoms with Crippen LogP contribution in [0.1, 0.15) is 17.9 Å². The van der Waals surface area contributed by atoms with Crippen molar-refractivity contribution in [1.29, 1.82) is 0 Å². The Hall–Kier alpha value is -2.47. The maximum Gasteiger partial charge on any atom is 0.229 e. The van der Waals surface area contributed by atoms with Crippen LogP contribution in [0.25, 0.3) is 0 Å². The van der Waals surface area contributed by atoms with E-state index < -0.39 is 0 Å². The summed E-state index contributed by atoms with van der Waals surface area (Å²) in [6.45, 7) is 0.505. The normalized spacial score (nSPS) is 21.7. The lowest BCUT2D eigenvalue weighted by Gasteiger charge is -2.36. The number of carbonyl (C=O) groups is 1. The lowest BCUT2D eigenvalue weighted by molar-refractivity contribution is -0.120. The third-order valence-corrected chi connectivity index (χ3v) is 3.99. The summed E-state index contributed by atoms with van der Waals surface area (Å²) < 4.78 is 5.18. The summed E-state index contributed by atoms with van der Waals surface area (Å²) in [5, 5.41) is 7.87. The second kappa shape index (κ2) is 6.11. The number of hydrogen-bond donors (Lipinski definition) is 1. The second-order valence-corrected chi connectivity index (χ2v) is 5.33. The van der Waals surface area contributed by atoms with Crippen molar-refractivity contribution in [3.8, 4) is 5.75 Å². The van der Waals surface area contributed by atoms with Gasteiger partial charge in [0.2, 0.25) is 5.91 Å². The average molecular weight is 298 g/mol. The van der Waals surface area contributed by atoms with Crippen molar-refractivity contribution in [3.05, 3.63) is 48.2 Å². The molecule has 2 aromatic rings. The van der Waals surface area contributed by atoms with E-state index in [4.69, 9.17) is 10.5 Å². The number of anilines is 1. The molecule has 1 unspecified atom stereocenters. The Kier molecular flexibility index (Phi) is 4.02. The fourth-order valence-corrected chi connectivity index (χ4v) is 2.75. The van der Waals surface area contributed by atoms with Gasteiger partial charge in [0.25, 0.3) is 0 Å². The van der Waals surface area contributed by atoms with E-state index in [0.717, 1.165) is 11.3 Å². The number of amides is 1. The van der Waals surface area contributed by atoms with Gasteiger partial charge >= 0.3 is 0 Å². The van der Waals surface area contributed by atoms with Gasteiger partial charge in [0, 0.05) is 31.1 Å². The Bertz CT molecular complexity index is 645. The molecule has 1 aliphatic heterocycles. The predicted octanol–water partition coefficient (Wildman–Crippen LogP) is 1.33. The number of piperidine rings is 1. The first kappa shape index (κ1) is 14.5. The summed E-state index contributed by atoms with van der Waals surface area (Å²) in [6.07, 6.45) is 1.89. The molecule has 0 radical (unpaired) electrons. The molecular weight excluding hydrogens is 280 g/mol. The molecule has 2 N–H and O–H groups in total. The van der Waals surface area contributed by atoms with Gasteiger partial charge in [-0.3, -0.25) is 9.69 Å². The topological polar surface area (TPSA) is 81.3 Å². The van der Waals surface area contributed by atoms with E-state index in [2.05, 4.69) is 10.2 Å². The van der Waals surface area contributed by atoms with Gasteiger partial charge < -0.3 is 10.5 Å². The predicted molar refractivity (Wildman–Crippen MR) is 82.7 cm³/mol. The van der Waals surface area contributed by atoms with Crippen LogP contribution in [0.15, 0.2) is 42.6 Å². The molecule has 1 amide bonds. The van der Waals surface area contributed by atoms with Gasteiger partial charge in [0.15, 0.2) is 5.82 Å². The highest BCUT2D eigenvalue weighted by atomic mass is 16.5. The summed E-state index contributed by atoms with van der Waals surface area (Å²) in [7, 11) is 1.63. The van der Waals surface area contributed by atoms with Gasteiger partial charge in [-0.1, -0.05) is 12.1 Å². The molecule has 1 fully saturated rings. The van der Waals surface area contributed by atoms with Crippen LogP contribution in [0.2, 0.25) is 0 Å². The van der Waals surface area contributed by atoms with Crippen LogP contribution in [0.3, 0.4) is 0 Å². The highest BCUT2D eigenvalue weighted by Crippen LogP contribution is 2.30. The van der Waals surface area contributed by atoms with Gasteiger partial charge in [-0.15, -0.1) is 5.10 Å². The standard InChI is InChI=1S/C16H18N4O2/c1-22-12-6-4-11(5-7-12)13-10-20(16(21)9-14(13)17)15-3-2-8-18-19-15/h2-8,13-14H,9-10,17H2,1H3/t13?,14-/m1/s1. The molecule has 1 saturated heterocycles. The van der Waals surface area contributed by atoms with E-state index in [0.29, 0.717) is 18.8 Å². The minimum atomic E-state index is -0.200. The molecule has 1 aromatic heterocycles. The minimum Gasteiger partial charge on any atom is -0.497 e. The quantitative estimate of drug-likeness (QED) is 0.924. The molecule has 2 atom stereocenters. The Balaban J connectivity index is 1.86. The number of benzene rings is 1. The van der Waals surface area contributed by atoms with Crippen molar-refractivity contribution in [2.75, 3.05) is 18.6 Å². The van der Waals surface area contributed by atoms with Gasteiger partial charge in [0.05, 0.1) is 7.11 Å². The van der Waals surface area contributed by atoms with Crippen molar-refractivity contribution in [2.24, 2.45) is 5.73 Å². The molecule has 1 aliphatic rings. The molecule has 114 valence electrons. The molecule has 22 heavy (non-hydrogen) atoms. The molecule has 0 spiro atoms. The number of ether oxygens (including phenoxy) is 1. The number of nitrogens with zero attached hydrogens (tertiary/aromatic N) is 3. The molecule has 0 aliphatic carbocycles. The molecular formula is C16H18N4O2. The van der Waals surface area contributed by atoms with Crippen LogP contribution < -0.4 is 15.4 Å². The first-order valence-electron chi connectivity index (χ1n) is 7.16. The second-order valence-electron chi connectivity index (χ2n) is 5.33. The highest BCUT2D eigenvalue weighted by Gasteiger charge is 2.34. The fourth-order valence-electron chi connectivity index (χ4n) is 2.75.